The number of hydrogen-bond donors (Lipinski definition) is 1. The van der Waals surface area contributed by atoms with Crippen molar-refractivity contribution in [1.82, 2.24) is 9.80 Å². The fourth-order valence-corrected chi connectivity index (χ4v) is 5.34. The zero-order chi connectivity index (χ0) is 23.7. The van der Waals surface area contributed by atoms with Crippen LogP contribution in [-0.2, 0) is 9.53 Å². The normalized spacial score (nSPS) is 20.7. The molecule has 1 atom stereocenters. The molecule has 3 amide bonds. The van der Waals surface area contributed by atoms with E-state index in [-0.39, 0.29) is 29.7 Å². The molecule has 0 aromatic heterocycles. The van der Waals surface area contributed by atoms with Gasteiger partial charge < -0.3 is 24.6 Å². The summed E-state index contributed by atoms with van der Waals surface area (Å²) in [4.78, 5) is 41.6. The van der Waals surface area contributed by atoms with Crippen LogP contribution in [0.3, 0.4) is 0 Å². The Bertz CT molecular complexity index is 1110. The first kappa shape index (κ1) is 22.3. The Morgan fingerprint density at radius 2 is 1.71 bits per heavy atom. The predicted octanol–water partition coefficient (Wildman–Crippen LogP) is 3.84. The number of para-hydroxylation sites is 2. The van der Waals surface area contributed by atoms with Gasteiger partial charge >= 0.3 is 12.0 Å². The van der Waals surface area contributed by atoms with Gasteiger partial charge in [-0.2, -0.15) is 0 Å². The number of nitrogens with one attached hydrogen (secondary N) is 1. The Hall–Kier alpha value is -3.55. The molecule has 5 rings (SSSR count). The Morgan fingerprint density at radius 3 is 2.47 bits per heavy atom. The van der Waals surface area contributed by atoms with Crippen LogP contribution in [0.1, 0.15) is 47.7 Å². The highest BCUT2D eigenvalue weighted by Gasteiger charge is 2.43. The minimum Gasteiger partial charge on any atom is -0.495 e. The number of piperidine rings is 1. The largest absolute Gasteiger partial charge is 0.495 e. The second kappa shape index (κ2) is 9.00. The van der Waals surface area contributed by atoms with Crippen molar-refractivity contribution < 1.29 is 23.9 Å². The average molecular weight is 464 g/mol. The highest BCUT2D eigenvalue weighted by Crippen LogP contribution is 2.42. The van der Waals surface area contributed by atoms with Crippen molar-refractivity contribution >= 4 is 23.6 Å². The number of rotatable bonds is 4. The number of benzene rings is 2. The lowest BCUT2D eigenvalue weighted by molar-refractivity contribution is -0.132. The van der Waals surface area contributed by atoms with E-state index in [1.807, 2.05) is 46.2 Å². The summed E-state index contributed by atoms with van der Waals surface area (Å²) in [6.45, 7) is 2.69. The maximum absolute atomic E-state index is 13.0. The van der Waals surface area contributed by atoms with E-state index in [9.17, 15) is 14.4 Å². The highest BCUT2D eigenvalue weighted by atomic mass is 16.5. The van der Waals surface area contributed by atoms with E-state index in [1.54, 1.807) is 19.2 Å². The molecule has 3 heterocycles. The molecule has 3 aliphatic rings. The minimum atomic E-state index is -0.506. The monoisotopic (exact) mass is 463 g/mol. The molecule has 0 radical (unpaired) electrons. The molecule has 0 bridgehead atoms. The molecule has 2 aromatic rings. The standard InChI is InChI=1S/C26H29N3O5/c1-33-21-9-5-4-8-20(21)27-25(32)28-13-10-26(11-14-28)12-15-29(17-26)23(30)16-22-18-6-2-3-7-19(18)24(31)34-22/h2-9,22H,10-17H2,1H3,(H,27,32). The van der Waals surface area contributed by atoms with E-state index >= 15 is 0 Å². The zero-order valence-corrected chi connectivity index (χ0v) is 19.3. The maximum atomic E-state index is 13.0. The van der Waals surface area contributed by atoms with Crippen molar-refractivity contribution in [3.63, 3.8) is 0 Å². The summed E-state index contributed by atoms with van der Waals surface area (Å²) in [6, 6.07) is 14.5. The molecular weight excluding hydrogens is 434 g/mol. The minimum absolute atomic E-state index is 0.0164. The van der Waals surface area contributed by atoms with E-state index in [2.05, 4.69) is 5.32 Å². The van der Waals surface area contributed by atoms with Gasteiger partial charge in [-0.1, -0.05) is 30.3 Å². The summed E-state index contributed by atoms with van der Waals surface area (Å²) in [7, 11) is 1.58. The van der Waals surface area contributed by atoms with Crippen molar-refractivity contribution in [3.05, 3.63) is 59.7 Å². The lowest BCUT2D eigenvalue weighted by Gasteiger charge is -2.39. The molecule has 0 saturated carbocycles. The van der Waals surface area contributed by atoms with Crippen LogP contribution >= 0.6 is 0 Å². The van der Waals surface area contributed by atoms with E-state index < -0.39 is 6.10 Å². The van der Waals surface area contributed by atoms with Crippen molar-refractivity contribution in [2.45, 2.75) is 31.8 Å². The summed E-state index contributed by atoms with van der Waals surface area (Å²) >= 11 is 0. The second-order valence-electron chi connectivity index (χ2n) is 9.37. The summed E-state index contributed by atoms with van der Waals surface area (Å²) in [5.74, 6) is 0.289. The smallest absolute Gasteiger partial charge is 0.339 e. The third-order valence-corrected chi connectivity index (χ3v) is 7.39. The zero-order valence-electron chi connectivity index (χ0n) is 19.3. The summed E-state index contributed by atoms with van der Waals surface area (Å²) < 4.78 is 10.8. The van der Waals surface area contributed by atoms with Crippen LogP contribution in [0, 0.1) is 5.41 Å². The number of carbonyl (C=O) groups excluding carboxylic acids is 3. The Labute approximate surface area is 198 Å². The number of anilines is 1. The van der Waals surface area contributed by atoms with E-state index in [0.29, 0.717) is 43.2 Å². The highest BCUT2D eigenvalue weighted by molar-refractivity contribution is 5.94. The number of cyclic esters (lactones) is 1. The number of amides is 3. The topological polar surface area (TPSA) is 88.2 Å². The van der Waals surface area contributed by atoms with Gasteiger partial charge in [0, 0.05) is 31.7 Å². The Morgan fingerprint density at radius 1 is 1.03 bits per heavy atom. The third kappa shape index (κ3) is 4.20. The van der Waals surface area contributed by atoms with E-state index in [1.165, 1.54) is 0 Å². The number of carbonyl (C=O) groups is 3. The molecule has 34 heavy (non-hydrogen) atoms. The predicted molar refractivity (Wildman–Crippen MR) is 126 cm³/mol. The van der Waals surface area contributed by atoms with Crippen LogP contribution in [0.5, 0.6) is 5.75 Å². The van der Waals surface area contributed by atoms with Crippen molar-refractivity contribution in [2.24, 2.45) is 5.41 Å². The van der Waals surface area contributed by atoms with Crippen LogP contribution < -0.4 is 10.1 Å². The summed E-state index contributed by atoms with van der Waals surface area (Å²) in [6.07, 6.45) is 2.32. The number of nitrogens with zero attached hydrogens (tertiary/aromatic N) is 2. The molecule has 2 saturated heterocycles. The van der Waals surface area contributed by atoms with Gasteiger partial charge in [-0.15, -0.1) is 0 Å². The Balaban J connectivity index is 1.15. The van der Waals surface area contributed by atoms with E-state index in [0.717, 1.165) is 24.8 Å². The number of esters is 1. The molecule has 178 valence electrons. The van der Waals surface area contributed by atoms with Gasteiger partial charge in [0.1, 0.15) is 11.9 Å². The SMILES string of the molecule is COc1ccccc1NC(=O)N1CCC2(CCN(C(=O)CC3OC(=O)c4ccccc43)C2)CC1. The van der Waals surface area contributed by atoms with Crippen LogP contribution in [-0.4, -0.2) is 61.0 Å². The first-order valence-electron chi connectivity index (χ1n) is 11.7. The lowest BCUT2D eigenvalue weighted by atomic mass is 9.78. The van der Waals surface area contributed by atoms with Gasteiger partial charge in [0.2, 0.25) is 5.91 Å². The summed E-state index contributed by atoms with van der Waals surface area (Å²) in [5.41, 5.74) is 2.05. The quantitative estimate of drug-likeness (QED) is 0.696. The third-order valence-electron chi connectivity index (χ3n) is 7.39. The van der Waals surface area contributed by atoms with Crippen LogP contribution in [0.25, 0.3) is 0 Å². The molecule has 1 N–H and O–H groups in total. The number of urea groups is 1. The Kier molecular flexibility index (Phi) is 5.89. The van der Waals surface area contributed by atoms with Gasteiger partial charge in [0.25, 0.3) is 0 Å². The molecule has 2 fully saturated rings. The number of methoxy groups -OCH3 is 1. The van der Waals surface area contributed by atoms with Crippen LogP contribution in [0.2, 0.25) is 0 Å². The van der Waals surface area contributed by atoms with Crippen molar-refractivity contribution in [1.29, 1.82) is 0 Å². The number of likely N-dealkylation sites (tertiary alicyclic amines) is 2. The first-order valence-corrected chi connectivity index (χ1v) is 11.7. The number of hydrogen-bond acceptors (Lipinski definition) is 5. The molecule has 8 nitrogen and oxygen atoms in total. The average Bonchev–Trinajstić information content (AvgIpc) is 3.41. The number of ether oxygens (including phenoxy) is 2. The van der Waals surface area contributed by atoms with Gasteiger partial charge in [-0.3, -0.25) is 4.79 Å². The lowest BCUT2D eigenvalue weighted by Crippen LogP contribution is -2.46. The van der Waals surface area contributed by atoms with Gasteiger partial charge in [0.15, 0.2) is 0 Å². The molecule has 8 heteroatoms. The van der Waals surface area contributed by atoms with Gasteiger partial charge in [-0.25, -0.2) is 9.59 Å². The van der Waals surface area contributed by atoms with Crippen molar-refractivity contribution in [2.75, 3.05) is 38.6 Å². The molecule has 2 aromatic carbocycles. The fourth-order valence-electron chi connectivity index (χ4n) is 5.34. The van der Waals surface area contributed by atoms with Crippen molar-refractivity contribution in [3.8, 4) is 5.75 Å². The fraction of sp³-hybridized carbons (Fsp3) is 0.423. The molecule has 3 aliphatic heterocycles. The summed E-state index contributed by atoms with van der Waals surface area (Å²) in [5, 5.41) is 2.95. The molecular formula is C26H29N3O5. The first-order chi connectivity index (χ1) is 16.5. The van der Waals surface area contributed by atoms with Crippen LogP contribution in [0.15, 0.2) is 48.5 Å². The molecule has 1 unspecified atom stereocenters. The van der Waals surface area contributed by atoms with Gasteiger partial charge in [-0.05, 0) is 42.9 Å². The maximum Gasteiger partial charge on any atom is 0.339 e. The molecule has 0 aliphatic carbocycles. The molecule has 1 spiro atoms. The number of fused-ring (bicyclic) bond motifs is 1. The van der Waals surface area contributed by atoms with Gasteiger partial charge in [0.05, 0.1) is 24.8 Å². The van der Waals surface area contributed by atoms with Crippen LogP contribution in [0.4, 0.5) is 10.5 Å². The second-order valence-corrected chi connectivity index (χ2v) is 9.37. The van der Waals surface area contributed by atoms with E-state index in [4.69, 9.17) is 9.47 Å².